The maximum Gasteiger partial charge on any atom is 0.216 e. The van der Waals surface area contributed by atoms with E-state index >= 15 is 0 Å². The molecular weight excluding hydrogens is 246 g/mol. The van der Waals surface area contributed by atoms with Crippen LogP contribution in [0.15, 0.2) is 17.5 Å². The van der Waals surface area contributed by atoms with E-state index in [9.17, 15) is 0 Å². The monoisotopic (exact) mass is 253 g/mol. The number of hydrogen-bond acceptors (Lipinski definition) is 4. The molecule has 6 heteroatoms. The van der Waals surface area contributed by atoms with Gasteiger partial charge in [0.25, 0.3) is 0 Å². The predicted molar refractivity (Wildman–Crippen MR) is 67.1 cm³/mol. The van der Waals surface area contributed by atoms with E-state index in [2.05, 4.69) is 27.6 Å². The summed E-state index contributed by atoms with van der Waals surface area (Å²) >= 11 is 8.55. The van der Waals surface area contributed by atoms with E-state index in [-0.39, 0.29) is 0 Å². The van der Waals surface area contributed by atoms with Crippen molar-refractivity contribution in [2.24, 2.45) is 7.05 Å². The molecule has 3 aromatic heterocycles. The molecule has 0 unspecified atom stereocenters. The zero-order valence-electron chi connectivity index (χ0n) is 7.85. The summed E-state index contributed by atoms with van der Waals surface area (Å²) in [5.41, 5.74) is 0. The van der Waals surface area contributed by atoms with E-state index < -0.39 is 0 Å². The summed E-state index contributed by atoms with van der Waals surface area (Å²) in [6.07, 6.45) is 0. The Balaban J connectivity index is 2.21. The molecule has 76 valence electrons. The molecule has 0 saturated heterocycles. The molecule has 0 aliphatic heterocycles. The van der Waals surface area contributed by atoms with Gasteiger partial charge in [-0.2, -0.15) is 4.98 Å². The van der Waals surface area contributed by atoms with E-state index in [0.29, 0.717) is 4.77 Å². The van der Waals surface area contributed by atoms with Crippen LogP contribution in [0.4, 0.5) is 0 Å². The number of aromatic amines is 1. The van der Waals surface area contributed by atoms with Gasteiger partial charge >= 0.3 is 0 Å². The lowest BCUT2D eigenvalue weighted by atomic mass is 10.4. The van der Waals surface area contributed by atoms with Crippen LogP contribution in [0.3, 0.4) is 0 Å². The molecule has 3 rings (SSSR count). The molecule has 0 aliphatic rings. The standard InChI is InChI=1S/C9H7N3S3/c1-12-9(13)10-8(11-12)7-4-6-5(15-7)2-3-14-6/h2-4H,1H3,(H,10,11,13). The Kier molecular flexibility index (Phi) is 2.01. The fraction of sp³-hybridized carbons (Fsp3) is 0.111. The molecule has 3 aromatic rings. The zero-order valence-corrected chi connectivity index (χ0v) is 10.3. The Labute approximate surface area is 99.0 Å². The van der Waals surface area contributed by atoms with Gasteiger partial charge in [0.05, 0.1) is 4.88 Å². The third-order valence-electron chi connectivity index (χ3n) is 2.14. The van der Waals surface area contributed by atoms with Gasteiger partial charge in [-0.3, -0.25) is 9.78 Å². The second-order valence-electron chi connectivity index (χ2n) is 3.17. The van der Waals surface area contributed by atoms with Crippen LogP contribution in [0.1, 0.15) is 0 Å². The fourth-order valence-corrected chi connectivity index (χ4v) is 3.58. The summed E-state index contributed by atoms with van der Waals surface area (Å²) in [7, 11) is 1.87. The van der Waals surface area contributed by atoms with Crippen LogP contribution in [-0.4, -0.2) is 14.8 Å². The molecule has 0 saturated carbocycles. The number of nitrogens with one attached hydrogen (secondary N) is 1. The van der Waals surface area contributed by atoms with Gasteiger partial charge in [-0.25, -0.2) is 0 Å². The second kappa shape index (κ2) is 3.26. The van der Waals surface area contributed by atoms with Crippen LogP contribution >= 0.6 is 34.9 Å². The van der Waals surface area contributed by atoms with Crippen LogP contribution in [0.2, 0.25) is 0 Å². The van der Waals surface area contributed by atoms with E-state index in [4.69, 9.17) is 12.2 Å². The third-order valence-corrected chi connectivity index (χ3v) is 4.61. The van der Waals surface area contributed by atoms with Crippen molar-refractivity contribution in [3.05, 3.63) is 22.3 Å². The first kappa shape index (κ1) is 9.26. The molecule has 0 bridgehead atoms. The Morgan fingerprint density at radius 2 is 2.33 bits per heavy atom. The van der Waals surface area contributed by atoms with Gasteiger partial charge in [-0.1, -0.05) is 0 Å². The van der Waals surface area contributed by atoms with E-state index in [1.165, 1.54) is 9.40 Å². The summed E-state index contributed by atoms with van der Waals surface area (Å²) in [5, 5.41) is 5.23. The first-order valence-corrected chi connectivity index (χ1v) is 6.45. The van der Waals surface area contributed by atoms with E-state index in [0.717, 1.165) is 10.7 Å². The summed E-state index contributed by atoms with van der Waals surface area (Å²) in [6.45, 7) is 0. The maximum atomic E-state index is 5.06. The number of nitrogens with zero attached hydrogens (tertiary/aromatic N) is 2. The van der Waals surface area contributed by atoms with Crippen molar-refractivity contribution in [1.29, 1.82) is 0 Å². The number of fused-ring (bicyclic) bond motifs is 1. The number of H-pyrrole nitrogens is 1. The van der Waals surface area contributed by atoms with Crippen LogP contribution in [-0.2, 0) is 7.05 Å². The molecule has 0 aliphatic carbocycles. The first-order valence-electron chi connectivity index (χ1n) is 4.34. The summed E-state index contributed by atoms with van der Waals surface area (Å²) in [6, 6.07) is 4.28. The summed E-state index contributed by atoms with van der Waals surface area (Å²) < 4.78 is 4.94. The highest BCUT2D eigenvalue weighted by Crippen LogP contribution is 2.34. The average molecular weight is 253 g/mol. The van der Waals surface area contributed by atoms with Crippen molar-refractivity contribution < 1.29 is 0 Å². The predicted octanol–water partition coefficient (Wildman–Crippen LogP) is 3.42. The zero-order chi connectivity index (χ0) is 10.4. The Hall–Kier alpha value is -0.980. The van der Waals surface area contributed by atoms with Gasteiger partial charge in [0.1, 0.15) is 0 Å². The van der Waals surface area contributed by atoms with Crippen LogP contribution in [0, 0.1) is 4.77 Å². The fourth-order valence-electron chi connectivity index (χ4n) is 1.39. The molecule has 0 fully saturated rings. The van der Waals surface area contributed by atoms with E-state index in [1.54, 1.807) is 27.4 Å². The molecule has 3 nitrogen and oxygen atoms in total. The highest BCUT2D eigenvalue weighted by molar-refractivity contribution is 7.71. The van der Waals surface area contributed by atoms with Gasteiger partial charge < -0.3 is 0 Å². The minimum absolute atomic E-state index is 0.585. The minimum Gasteiger partial charge on any atom is -0.279 e. The van der Waals surface area contributed by atoms with Gasteiger partial charge in [0.15, 0.2) is 5.82 Å². The van der Waals surface area contributed by atoms with Crippen molar-refractivity contribution in [1.82, 2.24) is 14.8 Å². The lowest BCUT2D eigenvalue weighted by molar-refractivity contribution is 0.756. The molecule has 15 heavy (non-hydrogen) atoms. The minimum atomic E-state index is 0.585. The summed E-state index contributed by atoms with van der Waals surface area (Å²) in [5.74, 6) is 0.857. The molecule has 3 heterocycles. The topological polar surface area (TPSA) is 33.6 Å². The van der Waals surface area contributed by atoms with Gasteiger partial charge in [-0.05, 0) is 29.7 Å². The highest BCUT2D eigenvalue weighted by atomic mass is 32.1. The van der Waals surface area contributed by atoms with Crippen molar-refractivity contribution in [2.45, 2.75) is 0 Å². The summed E-state index contributed by atoms with van der Waals surface area (Å²) in [4.78, 5) is 5.43. The Bertz CT molecular complexity index is 641. The molecule has 1 N–H and O–H groups in total. The average Bonchev–Trinajstić information content (AvgIpc) is 2.80. The van der Waals surface area contributed by atoms with Crippen molar-refractivity contribution in [3.63, 3.8) is 0 Å². The highest BCUT2D eigenvalue weighted by Gasteiger charge is 2.08. The quantitative estimate of drug-likeness (QED) is 0.674. The lowest BCUT2D eigenvalue weighted by Crippen LogP contribution is -1.88. The number of aryl methyl sites for hydroxylation is 1. The normalized spacial score (nSPS) is 11.3. The van der Waals surface area contributed by atoms with Crippen LogP contribution in [0.25, 0.3) is 20.1 Å². The third kappa shape index (κ3) is 1.45. The van der Waals surface area contributed by atoms with Crippen molar-refractivity contribution >= 4 is 44.3 Å². The number of rotatable bonds is 1. The van der Waals surface area contributed by atoms with Crippen molar-refractivity contribution in [2.75, 3.05) is 0 Å². The number of aromatic nitrogens is 3. The number of thiophene rings is 2. The molecule has 0 amide bonds. The van der Waals surface area contributed by atoms with Gasteiger partial charge in [-0.15, -0.1) is 22.7 Å². The molecule has 0 atom stereocenters. The first-order chi connectivity index (χ1) is 7.24. The van der Waals surface area contributed by atoms with Crippen LogP contribution in [0.5, 0.6) is 0 Å². The lowest BCUT2D eigenvalue weighted by Gasteiger charge is -1.88. The number of hydrogen-bond donors (Lipinski definition) is 1. The Morgan fingerprint density at radius 3 is 3.00 bits per heavy atom. The smallest absolute Gasteiger partial charge is 0.216 e. The van der Waals surface area contributed by atoms with Gasteiger partial charge in [0.2, 0.25) is 4.77 Å². The Morgan fingerprint density at radius 1 is 1.47 bits per heavy atom. The van der Waals surface area contributed by atoms with E-state index in [1.807, 2.05) is 7.05 Å². The van der Waals surface area contributed by atoms with Crippen molar-refractivity contribution in [3.8, 4) is 10.7 Å². The SMILES string of the molecule is Cn1[nH]c(-c2cc3sccc3s2)nc1=S. The molecule has 0 radical (unpaired) electrons. The van der Waals surface area contributed by atoms with Crippen LogP contribution < -0.4 is 0 Å². The largest absolute Gasteiger partial charge is 0.279 e. The molecular formula is C9H7N3S3. The molecule has 0 spiro atoms. The molecule has 0 aromatic carbocycles. The van der Waals surface area contributed by atoms with Gasteiger partial charge in [0, 0.05) is 16.4 Å². The maximum absolute atomic E-state index is 5.06. The second-order valence-corrected chi connectivity index (χ2v) is 5.57.